The molecule has 1 saturated heterocycles. The number of rotatable bonds is 11. The fourth-order valence-electron chi connectivity index (χ4n) is 3.76. The zero-order valence-electron chi connectivity index (χ0n) is 20.2. The number of carboxylic acid groups (broad SMARTS) is 1. The van der Waals surface area contributed by atoms with E-state index in [4.69, 9.17) is 15.8 Å². The summed E-state index contributed by atoms with van der Waals surface area (Å²) < 4.78 is 4.29. The van der Waals surface area contributed by atoms with Crippen molar-refractivity contribution in [1.29, 1.82) is 5.26 Å². The molecule has 14 nitrogen and oxygen atoms in total. The van der Waals surface area contributed by atoms with Crippen LogP contribution in [0.5, 0.6) is 0 Å². The molecule has 0 saturated carbocycles. The molecule has 1 aromatic rings. The number of anilines is 1. The highest BCUT2D eigenvalue weighted by atomic mass is 32.2. The maximum atomic E-state index is 12.9. The molecule has 0 unspecified atom stereocenters. The third kappa shape index (κ3) is 6.50. The van der Waals surface area contributed by atoms with E-state index >= 15 is 0 Å². The lowest BCUT2D eigenvalue weighted by molar-refractivity contribution is -0.876. The van der Waals surface area contributed by atoms with Gasteiger partial charge in [0.25, 0.3) is 11.8 Å². The minimum absolute atomic E-state index is 0.0298. The number of allylic oxidation sites excluding steroid dienone is 1. The SMILES string of the molecule is CC(=O)C[N+](C)(C)C/C=C/C1=C(C(=O)[O-])N2C(=O)[C@@H](NC(=O)/C(=N\OCC#N)c3nsc(N)n3)[C@H]2SC1. The van der Waals surface area contributed by atoms with Gasteiger partial charge in [0, 0.05) is 24.2 Å². The lowest BCUT2D eigenvalue weighted by Gasteiger charge is -2.50. The molecule has 3 heterocycles. The predicted octanol–water partition coefficient (Wildman–Crippen LogP) is -2.01. The van der Waals surface area contributed by atoms with E-state index in [0.29, 0.717) is 23.1 Å². The third-order valence-corrected chi connectivity index (χ3v) is 7.05. The number of hydrogen-bond acceptors (Lipinski definition) is 13. The molecule has 0 bridgehead atoms. The van der Waals surface area contributed by atoms with Crippen LogP contribution in [0.25, 0.3) is 0 Å². The average molecular weight is 549 g/mol. The summed E-state index contributed by atoms with van der Waals surface area (Å²) in [6, 6.07) is 0.645. The molecule has 2 amide bonds. The van der Waals surface area contributed by atoms with Gasteiger partial charge in [0.15, 0.2) is 10.9 Å². The fraction of sp³-hybridized carbons (Fsp3) is 0.429. The van der Waals surface area contributed by atoms with Crippen molar-refractivity contribution < 1.29 is 33.6 Å². The van der Waals surface area contributed by atoms with Gasteiger partial charge in [0.1, 0.15) is 24.0 Å². The summed E-state index contributed by atoms with van der Waals surface area (Å²) in [5.74, 6) is -2.89. The van der Waals surface area contributed by atoms with Crippen LogP contribution in [-0.4, -0.2) is 99.0 Å². The summed E-state index contributed by atoms with van der Waals surface area (Å²) in [4.78, 5) is 58.9. The Labute approximate surface area is 220 Å². The Morgan fingerprint density at radius 2 is 2.16 bits per heavy atom. The van der Waals surface area contributed by atoms with Gasteiger partial charge in [-0.15, -0.1) is 11.8 Å². The highest BCUT2D eigenvalue weighted by Crippen LogP contribution is 2.40. The second-order valence-electron chi connectivity index (χ2n) is 8.73. The Morgan fingerprint density at radius 3 is 2.76 bits per heavy atom. The van der Waals surface area contributed by atoms with Crippen LogP contribution in [0, 0.1) is 11.3 Å². The lowest BCUT2D eigenvalue weighted by atomic mass is 10.0. The highest BCUT2D eigenvalue weighted by molar-refractivity contribution is 8.00. The quantitative estimate of drug-likeness (QED) is 0.102. The van der Waals surface area contributed by atoms with Gasteiger partial charge in [0.2, 0.25) is 18.1 Å². The first-order valence-electron chi connectivity index (χ1n) is 10.8. The monoisotopic (exact) mass is 548 g/mol. The summed E-state index contributed by atoms with van der Waals surface area (Å²) in [7, 11) is 3.74. The van der Waals surface area contributed by atoms with Gasteiger partial charge in [-0.05, 0) is 11.6 Å². The van der Waals surface area contributed by atoms with E-state index in [1.165, 1.54) is 18.7 Å². The molecule has 1 aromatic heterocycles. The van der Waals surface area contributed by atoms with Gasteiger partial charge in [-0.2, -0.15) is 14.6 Å². The molecule has 0 aromatic carbocycles. The number of aliphatic carboxylic acids is 1. The molecular weight excluding hydrogens is 524 g/mol. The second-order valence-corrected chi connectivity index (χ2v) is 10.6. The van der Waals surface area contributed by atoms with Gasteiger partial charge in [-0.1, -0.05) is 11.2 Å². The smallest absolute Gasteiger partial charge is 0.278 e. The van der Waals surface area contributed by atoms with Crippen molar-refractivity contribution in [2.24, 2.45) is 5.16 Å². The van der Waals surface area contributed by atoms with E-state index in [0.717, 1.165) is 16.4 Å². The number of nitrogens with two attached hydrogens (primary N) is 1. The molecule has 2 atom stereocenters. The number of quaternary nitrogens is 1. The van der Waals surface area contributed by atoms with Crippen LogP contribution in [0.1, 0.15) is 12.7 Å². The molecule has 3 rings (SSSR count). The summed E-state index contributed by atoms with van der Waals surface area (Å²) in [6.07, 6.45) is 3.37. The van der Waals surface area contributed by atoms with Crippen LogP contribution in [0.3, 0.4) is 0 Å². The topological polar surface area (TPSA) is 204 Å². The van der Waals surface area contributed by atoms with Gasteiger partial charge in [0.05, 0.1) is 32.3 Å². The summed E-state index contributed by atoms with van der Waals surface area (Å²) in [5.41, 5.74) is 5.30. The summed E-state index contributed by atoms with van der Waals surface area (Å²) >= 11 is 2.08. The number of nitrogens with one attached hydrogen (secondary N) is 1. The van der Waals surface area contributed by atoms with Crippen LogP contribution in [0.15, 0.2) is 28.6 Å². The van der Waals surface area contributed by atoms with E-state index in [1.54, 1.807) is 18.2 Å². The number of oxime groups is 1. The molecule has 0 radical (unpaired) electrons. The van der Waals surface area contributed by atoms with Gasteiger partial charge in [-0.25, -0.2) is 0 Å². The van der Waals surface area contributed by atoms with Crippen molar-refractivity contribution in [3.8, 4) is 6.07 Å². The number of nitrogen functional groups attached to an aromatic ring is 1. The average Bonchev–Trinajstić information content (AvgIpc) is 3.24. The van der Waals surface area contributed by atoms with Crippen LogP contribution in [0.4, 0.5) is 5.13 Å². The highest BCUT2D eigenvalue weighted by Gasteiger charge is 2.53. The number of aromatic nitrogens is 2. The van der Waals surface area contributed by atoms with E-state index in [1.807, 2.05) is 14.1 Å². The number of likely N-dealkylation sites (N-methyl/N-ethyl adjacent to an activating group) is 1. The second kappa shape index (κ2) is 11.5. The predicted molar refractivity (Wildman–Crippen MR) is 131 cm³/mol. The first kappa shape index (κ1) is 27.8. The number of carboxylic acids is 1. The molecule has 37 heavy (non-hydrogen) atoms. The van der Waals surface area contributed by atoms with E-state index in [-0.39, 0.29) is 33.9 Å². The number of carbonyl (C=O) groups excluding carboxylic acids is 4. The fourth-order valence-corrected chi connectivity index (χ4v) is 5.51. The number of nitriles is 1. The van der Waals surface area contributed by atoms with Crippen LogP contribution in [-0.2, 0) is 24.0 Å². The van der Waals surface area contributed by atoms with Gasteiger partial charge >= 0.3 is 0 Å². The Hall–Kier alpha value is -3.81. The zero-order chi connectivity index (χ0) is 27.3. The first-order chi connectivity index (χ1) is 17.4. The number of Topliss-reactive ketones (excluding diaryl/α,β-unsaturated/α-hetero) is 1. The number of thioether (sulfide) groups is 1. The van der Waals surface area contributed by atoms with Gasteiger partial charge < -0.3 is 30.3 Å². The summed E-state index contributed by atoms with van der Waals surface area (Å²) in [6.45, 7) is 1.84. The molecule has 2 aliphatic heterocycles. The molecule has 3 N–H and O–H groups in total. The third-order valence-electron chi connectivity index (χ3n) is 5.20. The molecule has 1 fully saturated rings. The van der Waals surface area contributed by atoms with Crippen LogP contribution in [0.2, 0.25) is 0 Å². The Bertz CT molecular complexity index is 1250. The summed E-state index contributed by atoms with van der Waals surface area (Å²) in [5, 5.41) is 26.1. The number of hydrogen-bond donors (Lipinski definition) is 2. The molecule has 196 valence electrons. The van der Waals surface area contributed by atoms with Gasteiger partial charge in [-0.3, -0.25) is 19.3 Å². The molecule has 0 spiro atoms. The number of amides is 2. The van der Waals surface area contributed by atoms with Crippen LogP contribution >= 0.6 is 23.3 Å². The molecule has 0 aliphatic carbocycles. The number of nitrogens with zero attached hydrogens (tertiary/aromatic N) is 6. The normalized spacial score (nSPS) is 19.8. The molecular formula is C21H24N8O6S2. The Balaban J connectivity index is 1.76. The lowest BCUT2D eigenvalue weighted by Crippen LogP contribution is -2.71. The number of ketones is 1. The minimum atomic E-state index is -1.52. The maximum Gasteiger partial charge on any atom is 0.278 e. The Morgan fingerprint density at radius 1 is 1.43 bits per heavy atom. The number of β-lactam (4-membered cyclic amide) rings is 1. The van der Waals surface area contributed by atoms with Crippen molar-refractivity contribution in [3.63, 3.8) is 0 Å². The van der Waals surface area contributed by atoms with Crippen molar-refractivity contribution in [1.82, 2.24) is 19.6 Å². The first-order valence-corrected chi connectivity index (χ1v) is 12.6. The van der Waals surface area contributed by atoms with E-state index in [2.05, 4.69) is 19.8 Å². The molecule has 16 heteroatoms. The van der Waals surface area contributed by atoms with Crippen molar-refractivity contribution in [2.45, 2.75) is 18.3 Å². The van der Waals surface area contributed by atoms with Crippen molar-refractivity contribution in [2.75, 3.05) is 45.3 Å². The standard InChI is InChI=1S/C21H24N8O6S2/c1-11(30)9-29(2,3)7-4-5-12-10-36-19-14(18(32)28(19)15(12)20(33)34)24-17(31)13(26-35-8-6-22)16-25-21(23)37-27-16/h4-5,14,19H,7-10H2,1-3H3,(H3-,23,24,25,27,31,33,34)/b5-4+,26-13-/t14-,19-/m1/s1. The Kier molecular flexibility index (Phi) is 8.63. The zero-order valence-corrected chi connectivity index (χ0v) is 21.8. The van der Waals surface area contributed by atoms with Crippen molar-refractivity contribution >= 4 is 57.7 Å². The molecule has 2 aliphatic rings. The van der Waals surface area contributed by atoms with Crippen LogP contribution < -0.4 is 16.2 Å². The van der Waals surface area contributed by atoms with Crippen molar-refractivity contribution in [3.05, 3.63) is 29.2 Å². The largest absolute Gasteiger partial charge is 0.543 e. The minimum Gasteiger partial charge on any atom is -0.543 e. The number of carbonyl (C=O) groups is 4. The number of fused-ring (bicyclic) bond motifs is 1. The maximum absolute atomic E-state index is 12.9. The van der Waals surface area contributed by atoms with E-state index in [9.17, 15) is 24.3 Å². The van der Waals surface area contributed by atoms with E-state index < -0.39 is 35.8 Å².